The maximum Gasteiger partial charge on any atom is 0.243 e. The van der Waals surface area contributed by atoms with Gasteiger partial charge in [-0.25, -0.2) is 8.42 Å². The van der Waals surface area contributed by atoms with Crippen LogP contribution in [-0.4, -0.2) is 39.0 Å². The summed E-state index contributed by atoms with van der Waals surface area (Å²) in [5, 5.41) is 8.88. The van der Waals surface area contributed by atoms with Crippen molar-refractivity contribution in [2.75, 3.05) is 20.3 Å². The molecule has 1 rings (SSSR count). The summed E-state index contributed by atoms with van der Waals surface area (Å²) in [4.78, 5) is 0.146. The Morgan fingerprint density at radius 3 is 2.70 bits per heavy atom. The standard InChI is InChI=1S/C14H20N2O3S/c1-4-12(2)16(8-9-19-3)20(17,18)14-7-5-6-13(10-14)11-15/h5-7,10,12H,4,8-9H2,1-3H3. The number of benzene rings is 1. The molecule has 110 valence electrons. The summed E-state index contributed by atoms with van der Waals surface area (Å²) in [6.07, 6.45) is 0.709. The SMILES string of the molecule is CCC(C)N(CCOC)S(=O)(=O)c1cccc(C#N)c1. The molecule has 0 N–H and O–H groups in total. The molecule has 0 fully saturated rings. The van der Waals surface area contributed by atoms with E-state index in [1.165, 1.54) is 23.5 Å². The third-order valence-electron chi connectivity index (χ3n) is 3.17. The van der Waals surface area contributed by atoms with Crippen LogP contribution in [0.4, 0.5) is 0 Å². The lowest BCUT2D eigenvalue weighted by molar-refractivity contribution is 0.167. The first-order valence-corrected chi connectivity index (χ1v) is 7.92. The summed E-state index contributed by atoms with van der Waals surface area (Å²) in [6.45, 7) is 4.43. The highest BCUT2D eigenvalue weighted by atomic mass is 32.2. The van der Waals surface area contributed by atoms with Gasteiger partial charge in [-0.3, -0.25) is 0 Å². The van der Waals surface area contributed by atoms with Crippen LogP contribution in [-0.2, 0) is 14.8 Å². The minimum Gasteiger partial charge on any atom is -0.383 e. The molecule has 6 heteroatoms. The van der Waals surface area contributed by atoms with E-state index in [2.05, 4.69) is 0 Å². The predicted octanol–water partition coefficient (Wildman–Crippen LogP) is 1.99. The van der Waals surface area contributed by atoms with Crippen molar-refractivity contribution >= 4 is 10.0 Å². The van der Waals surface area contributed by atoms with Crippen molar-refractivity contribution in [3.63, 3.8) is 0 Å². The molecule has 1 atom stereocenters. The van der Waals surface area contributed by atoms with Crippen LogP contribution >= 0.6 is 0 Å². The van der Waals surface area contributed by atoms with E-state index >= 15 is 0 Å². The lowest BCUT2D eigenvalue weighted by Gasteiger charge is -2.27. The Labute approximate surface area is 120 Å². The van der Waals surface area contributed by atoms with Gasteiger partial charge in [0.1, 0.15) is 0 Å². The second-order valence-electron chi connectivity index (χ2n) is 4.51. The van der Waals surface area contributed by atoms with Gasteiger partial charge in [0.15, 0.2) is 0 Å². The number of hydrogen-bond acceptors (Lipinski definition) is 4. The molecular formula is C14H20N2O3S. The highest BCUT2D eigenvalue weighted by molar-refractivity contribution is 7.89. The summed E-state index contributed by atoms with van der Waals surface area (Å²) in [7, 11) is -2.08. The number of methoxy groups -OCH3 is 1. The number of rotatable bonds is 7. The largest absolute Gasteiger partial charge is 0.383 e. The Morgan fingerprint density at radius 2 is 2.15 bits per heavy atom. The van der Waals surface area contributed by atoms with E-state index in [4.69, 9.17) is 10.00 Å². The number of hydrogen-bond donors (Lipinski definition) is 0. The molecule has 20 heavy (non-hydrogen) atoms. The van der Waals surface area contributed by atoms with Crippen LogP contribution in [0.15, 0.2) is 29.2 Å². The fourth-order valence-electron chi connectivity index (χ4n) is 1.82. The topological polar surface area (TPSA) is 70.4 Å². The molecule has 0 bridgehead atoms. The third kappa shape index (κ3) is 3.79. The molecular weight excluding hydrogens is 276 g/mol. The van der Waals surface area contributed by atoms with Gasteiger partial charge in [0.05, 0.1) is 23.1 Å². The Bertz CT molecular complexity index is 578. The van der Waals surface area contributed by atoms with Gasteiger partial charge in [-0.15, -0.1) is 0 Å². The smallest absolute Gasteiger partial charge is 0.243 e. The highest BCUT2D eigenvalue weighted by Gasteiger charge is 2.28. The van der Waals surface area contributed by atoms with Gasteiger partial charge in [0.25, 0.3) is 0 Å². The van der Waals surface area contributed by atoms with E-state index in [-0.39, 0.29) is 10.9 Å². The van der Waals surface area contributed by atoms with Crippen molar-refractivity contribution in [2.45, 2.75) is 31.2 Å². The van der Waals surface area contributed by atoms with Crippen LogP contribution in [0.25, 0.3) is 0 Å². The molecule has 0 amide bonds. The van der Waals surface area contributed by atoms with Gasteiger partial charge in [-0.1, -0.05) is 13.0 Å². The molecule has 1 unspecified atom stereocenters. The molecule has 0 saturated heterocycles. The molecule has 0 aliphatic carbocycles. The lowest BCUT2D eigenvalue weighted by atomic mass is 10.2. The van der Waals surface area contributed by atoms with Crippen molar-refractivity contribution in [1.82, 2.24) is 4.31 Å². The average molecular weight is 296 g/mol. The molecule has 0 aliphatic heterocycles. The average Bonchev–Trinajstić information content (AvgIpc) is 2.47. The second kappa shape index (κ2) is 7.39. The zero-order valence-corrected chi connectivity index (χ0v) is 12.9. The number of ether oxygens (including phenoxy) is 1. The fraction of sp³-hybridized carbons (Fsp3) is 0.500. The third-order valence-corrected chi connectivity index (χ3v) is 5.18. The van der Waals surface area contributed by atoms with Gasteiger partial charge < -0.3 is 4.74 Å². The summed E-state index contributed by atoms with van der Waals surface area (Å²) in [5.74, 6) is 0. The van der Waals surface area contributed by atoms with Crippen molar-refractivity contribution in [3.05, 3.63) is 29.8 Å². The normalized spacial score (nSPS) is 13.2. The first kappa shape index (κ1) is 16.6. The second-order valence-corrected chi connectivity index (χ2v) is 6.40. The lowest BCUT2D eigenvalue weighted by Crippen LogP contribution is -2.40. The minimum absolute atomic E-state index is 0.124. The Morgan fingerprint density at radius 1 is 1.45 bits per heavy atom. The first-order valence-electron chi connectivity index (χ1n) is 6.48. The van der Waals surface area contributed by atoms with Crippen LogP contribution < -0.4 is 0 Å². The van der Waals surface area contributed by atoms with E-state index in [1.54, 1.807) is 12.1 Å². The summed E-state index contributed by atoms with van der Waals surface area (Å²) in [6, 6.07) is 7.91. The number of nitrogens with zero attached hydrogens (tertiary/aromatic N) is 2. The monoisotopic (exact) mass is 296 g/mol. The maximum atomic E-state index is 12.7. The van der Waals surface area contributed by atoms with E-state index in [1.807, 2.05) is 19.9 Å². The van der Waals surface area contributed by atoms with Gasteiger partial charge in [0, 0.05) is 19.7 Å². The van der Waals surface area contributed by atoms with Crippen LogP contribution in [0.5, 0.6) is 0 Å². The molecule has 1 aromatic rings. The molecule has 0 saturated carbocycles. The Kier molecular flexibility index (Phi) is 6.14. The van der Waals surface area contributed by atoms with Crippen molar-refractivity contribution < 1.29 is 13.2 Å². The van der Waals surface area contributed by atoms with Gasteiger partial charge in [0.2, 0.25) is 10.0 Å². The van der Waals surface area contributed by atoms with E-state index in [9.17, 15) is 8.42 Å². The maximum absolute atomic E-state index is 12.7. The number of sulfonamides is 1. The summed E-state index contributed by atoms with van der Waals surface area (Å²) >= 11 is 0. The van der Waals surface area contributed by atoms with E-state index in [0.717, 1.165) is 0 Å². The molecule has 0 spiro atoms. The quantitative estimate of drug-likeness (QED) is 0.771. The van der Waals surface area contributed by atoms with E-state index < -0.39 is 10.0 Å². The molecule has 1 aromatic carbocycles. The minimum atomic E-state index is -3.62. The zero-order valence-electron chi connectivity index (χ0n) is 12.0. The van der Waals surface area contributed by atoms with E-state index in [0.29, 0.717) is 25.1 Å². The van der Waals surface area contributed by atoms with Gasteiger partial charge in [-0.2, -0.15) is 9.57 Å². The van der Waals surface area contributed by atoms with Crippen molar-refractivity contribution in [1.29, 1.82) is 5.26 Å². The van der Waals surface area contributed by atoms with Crippen LogP contribution in [0.2, 0.25) is 0 Å². The van der Waals surface area contributed by atoms with Crippen molar-refractivity contribution in [2.24, 2.45) is 0 Å². The molecule has 0 heterocycles. The molecule has 0 radical (unpaired) electrons. The molecule has 0 aliphatic rings. The summed E-state index contributed by atoms with van der Waals surface area (Å²) in [5.41, 5.74) is 0.335. The zero-order chi connectivity index (χ0) is 15.2. The molecule has 5 nitrogen and oxygen atoms in total. The number of nitriles is 1. The van der Waals surface area contributed by atoms with Gasteiger partial charge >= 0.3 is 0 Å². The van der Waals surface area contributed by atoms with Crippen LogP contribution in [0.3, 0.4) is 0 Å². The fourth-order valence-corrected chi connectivity index (χ4v) is 3.56. The highest BCUT2D eigenvalue weighted by Crippen LogP contribution is 2.20. The molecule has 0 aromatic heterocycles. The van der Waals surface area contributed by atoms with Gasteiger partial charge in [-0.05, 0) is 31.5 Å². The Hall–Kier alpha value is -1.42. The Balaban J connectivity index is 3.18. The van der Waals surface area contributed by atoms with Crippen LogP contribution in [0, 0.1) is 11.3 Å². The first-order chi connectivity index (χ1) is 9.47. The summed E-state index contributed by atoms with van der Waals surface area (Å²) < 4.78 is 31.7. The predicted molar refractivity (Wildman–Crippen MR) is 76.7 cm³/mol. The van der Waals surface area contributed by atoms with Crippen molar-refractivity contribution in [3.8, 4) is 6.07 Å². The van der Waals surface area contributed by atoms with Crippen LogP contribution in [0.1, 0.15) is 25.8 Å².